The monoisotopic (exact) mass is 239 g/mol. The second kappa shape index (κ2) is 4.87. The first-order valence-electron chi connectivity index (χ1n) is 5.15. The lowest BCUT2D eigenvalue weighted by molar-refractivity contribution is 0.245. The molecule has 16 heavy (non-hydrogen) atoms. The summed E-state index contributed by atoms with van der Waals surface area (Å²) in [4.78, 5) is 0. The summed E-state index contributed by atoms with van der Waals surface area (Å²) in [7, 11) is 1.78. The molecule has 0 bridgehead atoms. The Morgan fingerprint density at radius 3 is 2.94 bits per heavy atom. The van der Waals surface area contributed by atoms with Gasteiger partial charge in [-0.1, -0.05) is 12.1 Å². The number of aliphatic hydroxyl groups is 1. The molecule has 0 amide bonds. The minimum Gasteiger partial charge on any atom is -0.464 e. The normalized spacial score (nSPS) is 15.2. The Morgan fingerprint density at radius 1 is 1.44 bits per heavy atom. The molecule has 0 spiro atoms. The van der Waals surface area contributed by atoms with E-state index in [4.69, 9.17) is 21.1 Å². The van der Waals surface area contributed by atoms with E-state index in [0.29, 0.717) is 0 Å². The molecule has 86 valence electrons. The van der Waals surface area contributed by atoms with Gasteiger partial charge in [0.05, 0.1) is 24.3 Å². The average Bonchev–Trinajstić information content (AvgIpc) is 2.77. The van der Waals surface area contributed by atoms with Crippen molar-refractivity contribution in [2.24, 2.45) is 0 Å². The summed E-state index contributed by atoms with van der Waals surface area (Å²) in [5.74, 6) is 0. The number of furan rings is 1. The maximum absolute atomic E-state index is 9.16. The fourth-order valence-electron chi connectivity index (χ4n) is 1.71. The number of rotatable bonds is 4. The minimum atomic E-state index is -0.274. The van der Waals surface area contributed by atoms with Gasteiger partial charge in [0.25, 0.3) is 0 Å². The van der Waals surface area contributed by atoms with Gasteiger partial charge in [0.15, 0.2) is 0 Å². The summed E-state index contributed by atoms with van der Waals surface area (Å²) >= 11 is 6.28. The zero-order valence-corrected chi connectivity index (χ0v) is 9.74. The van der Waals surface area contributed by atoms with Crippen LogP contribution in [0.1, 0.15) is 10.9 Å². The second-order valence-electron chi connectivity index (χ2n) is 3.70. The SMILES string of the molecule is CNC(CO)C(Cl)c1ccc2ccoc2c1. The maximum atomic E-state index is 9.16. The first-order valence-corrected chi connectivity index (χ1v) is 5.59. The Bertz CT molecular complexity index is 465. The number of likely N-dealkylation sites (N-methyl/N-ethyl adjacent to an activating group) is 1. The summed E-state index contributed by atoms with van der Waals surface area (Å²) < 4.78 is 5.31. The first-order chi connectivity index (χ1) is 7.76. The molecule has 0 aliphatic heterocycles. The molecule has 2 aromatic rings. The van der Waals surface area contributed by atoms with Crippen LogP contribution in [0.15, 0.2) is 34.9 Å². The van der Waals surface area contributed by atoms with Crippen LogP contribution < -0.4 is 5.32 Å². The van der Waals surface area contributed by atoms with Gasteiger partial charge in [0, 0.05) is 5.39 Å². The van der Waals surface area contributed by atoms with Crippen molar-refractivity contribution in [2.75, 3.05) is 13.7 Å². The van der Waals surface area contributed by atoms with E-state index in [0.717, 1.165) is 16.5 Å². The highest BCUT2D eigenvalue weighted by atomic mass is 35.5. The summed E-state index contributed by atoms with van der Waals surface area (Å²) in [5, 5.41) is 12.9. The summed E-state index contributed by atoms with van der Waals surface area (Å²) in [6, 6.07) is 7.58. The van der Waals surface area contributed by atoms with Gasteiger partial charge in [-0.15, -0.1) is 11.6 Å². The number of hydrogen-bond donors (Lipinski definition) is 2. The van der Waals surface area contributed by atoms with E-state index in [1.54, 1.807) is 13.3 Å². The van der Waals surface area contributed by atoms with Crippen molar-refractivity contribution >= 4 is 22.6 Å². The Hall–Kier alpha value is -1.03. The van der Waals surface area contributed by atoms with E-state index in [2.05, 4.69) is 5.32 Å². The molecule has 0 aliphatic rings. The van der Waals surface area contributed by atoms with E-state index >= 15 is 0 Å². The zero-order valence-electron chi connectivity index (χ0n) is 8.98. The summed E-state index contributed by atoms with van der Waals surface area (Å²) in [5.41, 5.74) is 1.76. The van der Waals surface area contributed by atoms with Gasteiger partial charge >= 0.3 is 0 Å². The van der Waals surface area contributed by atoms with Crippen LogP contribution in [0.3, 0.4) is 0 Å². The van der Waals surface area contributed by atoms with E-state index in [1.807, 2.05) is 24.3 Å². The minimum absolute atomic E-state index is 0.000852. The molecule has 0 aliphatic carbocycles. The number of fused-ring (bicyclic) bond motifs is 1. The molecular formula is C12H14ClNO2. The van der Waals surface area contributed by atoms with E-state index < -0.39 is 0 Å². The number of halogens is 1. The predicted molar refractivity (Wildman–Crippen MR) is 64.7 cm³/mol. The van der Waals surface area contributed by atoms with Gasteiger partial charge in [-0.3, -0.25) is 0 Å². The van der Waals surface area contributed by atoms with Crippen molar-refractivity contribution in [1.82, 2.24) is 5.32 Å². The lowest BCUT2D eigenvalue weighted by Crippen LogP contribution is -2.33. The van der Waals surface area contributed by atoms with Crippen LogP contribution in [0, 0.1) is 0 Å². The Labute approximate surface area is 99.0 Å². The maximum Gasteiger partial charge on any atom is 0.134 e. The molecule has 3 nitrogen and oxygen atoms in total. The highest BCUT2D eigenvalue weighted by molar-refractivity contribution is 6.21. The molecule has 4 heteroatoms. The molecule has 1 aromatic carbocycles. The quantitative estimate of drug-likeness (QED) is 0.805. The van der Waals surface area contributed by atoms with Crippen LogP contribution in [0.4, 0.5) is 0 Å². The van der Waals surface area contributed by atoms with Gasteiger partial charge < -0.3 is 14.8 Å². The fourth-order valence-corrected chi connectivity index (χ4v) is 2.05. The molecule has 0 saturated carbocycles. The van der Waals surface area contributed by atoms with E-state index in [9.17, 15) is 0 Å². The topological polar surface area (TPSA) is 45.4 Å². The third-order valence-corrected chi connectivity index (χ3v) is 3.28. The lowest BCUT2D eigenvalue weighted by atomic mass is 10.0. The average molecular weight is 240 g/mol. The molecule has 2 N–H and O–H groups in total. The van der Waals surface area contributed by atoms with Crippen molar-refractivity contribution in [3.8, 4) is 0 Å². The third kappa shape index (κ3) is 2.07. The molecular weight excluding hydrogens is 226 g/mol. The van der Waals surface area contributed by atoms with Gasteiger partial charge in [-0.25, -0.2) is 0 Å². The fraction of sp³-hybridized carbons (Fsp3) is 0.333. The predicted octanol–water partition coefficient (Wildman–Crippen LogP) is 2.29. The molecule has 1 heterocycles. The molecule has 0 radical (unpaired) electrons. The molecule has 2 atom stereocenters. The van der Waals surface area contributed by atoms with E-state index in [1.165, 1.54) is 0 Å². The number of hydrogen-bond acceptors (Lipinski definition) is 3. The van der Waals surface area contributed by atoms with Crippen molar-refractivity contribution in [3.63, 3.8) is 0 Å². The third-order valence-electron chi connectivity index (χ3n) is 2.72. The van der Waals surface area contributed by atoms with Crippen molar-refractivity contribution in [3.05, 3.63) is 36.1 Å². The first kappa shape index (κ1) is 11.5. The van der Waals surface area contributed by atoms with Gasteiger partial charge in [0.1, 0.15) is 5.58 Å². The molecule has 2 unspecified atom stereocenters. The number of aliphatic hydroxyl groups excluding tert-OH is 1. The van der Waals surface area contributed by atoms with E-state index in [-0.39, 0.29) is 18.0 Å². The van der Waals surface area contributed by atoms with Crippen LogP contribution in [0.25, 0.3) is 11.0 Å². The smallest absolute Gasteiger partial charge is 0.134 e. The standard InChI is InChI=1S/C12H14ClNO2/c1-14-10(7-15)12(13)9-3-2-8-4-5-16-11(8)6-9/h2-6,10,12,14-15H,7H2,1H3. The molecule has 0 saturated heterocycles. The highest BCUT2D eigenvalue weighted by Gasteiger charge is 2.19. The van der Waals surface area contributed by atoms with Crippen LogP contribution in [-0.4, -0.2) is 24.8 Å². The summed E-state index contributed by atoms with van der Waals surface area (Å²) in [6.45, 7) is 0.000852. The Kier molecular flexibility index (Phi) is 3.49. The van der Waals surface area contributed by atoms with Crippen molar-refractivity contribution in [1.29, 1.82) is 0 Å². The molecule has 1 aromatic heterocycles. The number of alkyl halides is 1. The number of nitrogens with one attached hydrogen (secondary N) is 1. The van der Waals surface area contributed by atoms with Gasteiger partial charge in [-0.2, -0.15) is 0 Å². The van der Waals surface area contributed by atoms with Crippen LogP contribution in [0.5, 0.6) is 0 Å². The largest absolute Gasteiger partial charge is 0.464 e. The lowest BCUT2D eigenvalue weighted by Gasteiger charge is -2.19. The van der Waals surface area contributed by atoms with Crippen molar-refractivity contribution < 1.29 is 9.52 Å². The van der Waals surface area contributed by atoms with Crippen molar-refractivity contribution in [2.45, 2.75) is 11.4 Å². The molecule has 2 rings (SSSR count). The zero-order chi connectivity index (χ0) is 11.5. The Balaban J connectivity index is 2.31. The van der Waals surface area contributed by atoms with Crippen LogP contribution in [-0.2, 0) is 0 Å². The Morgan fingerprint density at radius 2 is 2.25 bits per heavy atom. The molecule has 0 fully saturated rings. The highest BCUT2D eigenvalue weighted by Crippen LogP contribution is 2.27. The second-order valence-corrected chi connectivity index (χ2v) is 4.17. The van der Waals surface area contributed by atoms with Gasteiger partial charge in [0.2, 0.25) is 0 Å². The van der Waals surface area contributed by atoms with Crippen LogP contribution in [0.2, 0.25) is 0 Å². The summed E-state index contributed by atoms with van der Waals surface area (Å²) in [6.07, 6.45) is 1.65. The number of benzene rings is 1. The van der Waals surface area contributed by atoms with Crippen LogP contribution >= 0.6 is 11.6 Å². The van der Waals surface area contributed by atoms with Gasteiger partial charge in [-0.05, 0) is 24.7 Å².